The fourth-order valence-electron chi connectivity index (χ4n) is 1.08. The van der Waals surface area contributed by atoms with Gasteiger partial charge in [0.1, 0.15) is 0 Å². The molecule has 0 aliphatic rings. The van der Waals surface area contributed by atoms with Crippen molar-refractivity contribution in [2.24, 2.45) is 5.92 Å². The van der Waals surface area contributed by atoms with Gasteiger partial charge in [-0.1, -0.05) is 33.1 Å². The van der Waals surface area contributed by atoms with Crippen molar-refractivity contribution in [2.45, 2.75) is 39.5 Å². The van der Waals surface area contributed by atoms with Gasteiger partial charge >= 0.3 is 10.4 Å². The summed E-state index contributed by atoms with van der Waals surface area (Å²) in [5, 5.41) is 0. The molecule has 0 aromatic rings. The molecule has 0 aliphatic heterocycles. The molecule has 0 fully saturated rings. The Hall–Kier alpha value is 0.220. The molecule has 6 heteroatoms. The van der Waals surface area contributed by atoms with E-state index in [4.69, 9.17) is 4.55 Å². The van der Waals surface area contributed by atoms with Crippen molar-refractivity contribution in [3.8, 4) is 0 Å². The standard InChI is InChI=1S/C8H18O4S2/c1-3-5-6-8(4-2)7-13-12-14(9,10)11/h8H,3-7H2,1-2H3,(H,9,10,11). The normalized spacial score (nSPS) is 14.2. The zero-order valence-electron chi connectivity index (χ0n) is 8.60. The van der Waals surface area contributed by atoms with E-state index in [1.807, 2.05) is 0 Å². The molecule has 0 aromatic carbocycles. The van der Waals surface area contributed by atoms with E-state index in [0.29, 0.717) is 11.7 Å². The van der Waals surface area contributed by atoms with Gasteiger partial charge in [-0.15, -0.1) is 0 Å². The Bertz CT molecular complexity index is 225. The van der Waals surface area contributed by atoms with Gasteiger partial charge in [-0.2, -0.15) is 12.0 Å². The van der Waals surface area contributed by atoms with E-state index in [1.54, 1.807) is 0 Å². The molecule has 1 atom stereocenters. The van der Waals surface area contributed by atoms with Crippen LogP contribution in [-0.2, 0) is 14.0 Å². The molecule has 0 bridgehead atoms. The predicted octanol–water partition coefficient (Wildman–Crippen LogP) is 2.67. The highest BCUT2D eigenvalue weighted by atomic mass is 32.3. The van der Waals surface area contributed by atoms with E-state index >= 15 is 0 Å². The number of rotatable bonds is 8. The summed E-state index contributed by atoms with van der Waals surface area (Å²) in [6, 6.07) is 0. The van der Waals surface area contributed by atoms with E-state index in [9.17, 15) is 8.42 Å². The van der Waals surface area contributed by atoms with Crippen LogP contribution in [0.25, 0.3) is 0 Å². The Morgan fingerprint density at radius 2 is 2.07 bits per heavy atom. The molecule has 0 rings (SSSR count). The molecule has 86 valence electrons. The molecule has 0 saturated heterocycles. The highest BCUT2D eigenvalue weighted by Gasteiger charge is 2.10. The lowest BCUT2D eigenvalue weighted by molar-refractivity contribution is 0.405. The van der Waals surface area contributed by atoms with Crippen molar-refractivity contribution in [2.75, 3.05) is 5.75 Å². The first kappa shape index (κ1) is 14.2. The van der Waals surface area contributed by atoms with Crippen LogP contribution in [-0.4, -0.2) is 18.7 Å². The van der Waals surface area contributed by atoms with Crippen LogP contribution in [0.1, 0.15) is 39.5 Å². The molecule has 1 unspecified atom stereocenters. The molecule has 0 saturated carbocycles. The molecule has 0 spiro atoms. The summed E-state index contributed by atoms with van der Waals surface area (Å²) in [5.74, 6) is 1.07. The van der Waals surface area contributed by atoms with Gasteiger partial charge in [0.05, 0.1) is 0 Å². The molecule has 0 radical (unpaired) electrons. The molecule has 1 N–H and O–H groups in total. The zero-order valence-corrected chi connectivity index (χ0v) is 10.2. The quantitative estimate of drug-likeness (QED) is 0.523. The van der Waals surface area contributed by atoms with Gasteiger partial charge in [-0.25, -0.2) is 0 Å². The lowest BCUT2D eigenvalue weighted by atomic mass is 10.0. The Balaban J connectivity index is 3.62. The SMILES string of the molecule is CCCCC(CC)CSOS(=O)(=O)O. The van der Waals surface area contributed by atoms with Crippen molar-refractivity contribution in [1.29, 1.82) is 0 Å². The summed E-state index contributed by atoms with van der Waals surface area (Å²) < 4.78 is 32.9. The summed E-state index contributed by atoms with van der Waals surface area (Å²) in [6.07, 6.45) is 4.36. The van der Waals surface area contributed by atoms with Gasteiger partial charge in [0.25, 0.3) is 0 Å². The fourth-order valence-corrected chi connectivity index (χ4v) is 2.39. The third-order valence-electron chi connectivity index (χ3n) is 1.98. The first-order valence-corrected chi connectivity index (χ1v) is 7.05. The van der Waals surface area contributed by atoms with Gasteiger partial charge < -0.3 is 0 Å². The van der Waals surface area contributed by atoms with Crippen LogP contribution in [0.15, 0.2) is 0 Å². The van der Waals surface area contributed by atoms with Crippen molar-refractivity contribution in [3.05, 3.63) is 0 Å². The zero-order chi connectivity index (χ0) is 11.0. The Labute approximate surface area is 90.6 Å². The third-order valence-corrected chi connectivity index (χ3v) is 3.66. The molecule has 14 heavy (non-hydrogen) atoms. The Morgan fingerprint density at radius 3 is 2.50 bits per heavy atom. The van der Waals surface area contributed by atoms with Crippen LogP contribution < -0.4 is 0 Å². The van der Waals surface area contributed by atoms with E-state index in [2.05, 4.69) is 17.5 Å². The summed E-state index contributed by atoms with van der Waals surface area (Å²) >= 11 is 0.805. The smallest absolute Gasteiger partial charge is 0.263 e. The van der Waals surface area contributed by atoms with Gasteiger partial charge in [-0.3, -0.25) is 4.55 Å². The second-order valence-corrected chi connectivity index (χ2v) is 5.17. The molecule has 0 aromatic heterocycles. The van der Waals surface area contributed by atoms with Gasteiger partial charge in [0.15, 0.2) is 0 Å². The van der Waals surface area contributed by atoms with E-state index in [0.717, 1.165) is 37.7 Å². The van der Waals surface area contributed by atoms with E-state index < -0.39 is 10.4 Å². The second-order valence-electron chi connectivity index (χ2n) is 3.20. The van der Waals surface area contributed by atoms with Gasteiger partial charge in [0.2, 0.25) is 0 Å². The average Bonchev–Trinajstić information content (AvgIpc) is 2.09. The minimum Gasteiger partial charge on any atom is -0.263 e. The molecule has 0 aliphatic carbocycles. The average molecular weight is 242 g/mol. The summed E-state index contributed by atoms with van der Waals surface area (Å²) in [7, 11) is -4.29. The topological polar surface area (TPSA) is 63.6 Å². The fraction of sp³-hybridized carbons (Fsp3) is 1.00. The van der Waals surface area contributed by atoms with Crippen LogP contribution in [0.4, 0.5) is 0 Å². The Kier molecular flexibility index (Phi) is 7.62. The maximum Gasteiger partial charge on any atom is 0.408 e. The highest BCUT2D eigenvalue weighted by molar-refractivity contribution is 8.02. The highest BCUT2D eigenvalue weighted by Crippen LogP contribution is 2.19. The van der Waals surface area contributed by atoms with Crippen LogP contribution in [0, 0.1) is 5.92 Å². The maximum absolute atomic E-state index is 10.2. The van der Waals surface area contributed by atoms with E-state index in [-0.39, 0.29) is 0 Å². The first-order valence-electron chi connectivity index (χ1n) is 4.78. The number of hydrogen-bond acceptors (Lipinski definition) is 4. The minimum absolute atomic E-state index is 0.460. The van der Waals surface area contributed by atoms with Crippen molar-refractivity contribution >= 4 is 22.4 Å². The lowest BCUT2D eigenvalue weighted by Gasteiger charge is -2.11. The van der Waals surface area contributed by atoms with Crippen LogP contribution in [0.3, 0.4) is 0 Å². The monoisotopic (exact) mass is 242 g/mol. The van der Waals surface area contributed by atoms with Gasteiger partial charge in [0, 0.05) is 17.8 Å². The number of hydrogen-bond donors (Lipinski definition) is 1. The van der Waals surface area contributed by atoms with Crippen LogP contribution in [0.2, 0.25) is 0 Å². The summed E-state index contributed by atoms with van der Waals surface area (Å²) in [4.78, 5) is 0. The predicted molar refractivity (Wildman–Crippen MR) is 58.4 cm³/mol. The van der Waals surface area contributed by atoms with Crippen molar-refractivity contribution < 1.29 is 16.6 Å². The first-order chi connectivity index (χ1) is 6.49. The third kappa shape index (κ3) is 8.80. The minimum atomic E-state index is -4.29. The largest absolute Gasteiger partial charge is 0.408 e. The van der Waals surface area contributed by atoms with E-state index in [1.165, 1.54) is 0 Å². The van der Waals surface area contributed by atoms with Gasteiger partial charge in [-0.05, 0) is 12.3 Å². The lowest BCUT2D eigenvalue weighted by Crippen LogP contribution is -2.05. The molecule has 4 nitrogen and oxygen atoms in total. The van der Waals surface area contributed by atoms with Crippen LogP contribution in [0.5, 0.6) is 0 Å². The number of unbranched alkanes of at least 4 members (excludes halogenated alkanes) is 1. The molecular formula is C8H18O4S2. The summed E-state index contributed by atoms with van der Waals surface area (Å²) in [5.41, 5.74) is 0. The van der Waals surface area contributed by atoms with Crippen LogP contribution >= 0.6 is 12.0 Å². The van der Waals surface area contributed by atoms with Crippen molar-refractivity contribution in [3.63, 3.8) is 0 Å². The molecule has 0 heterocycles. The summed E-state index contributed by atoms with van der Waals surface area (Å²) in [6.45, 7) is 4.18. The maximum atomic E-state index is 10.2. The van der Waals surface area contributed by atoms with Crippen molar-refractivity contribution in [1.82, 2.24) is 0 Å². The molecule has 0 amide bonds. The second kappa shape index (κ2) is 7.50. The molecular weight excluding hydrogens is 224 g/mol. The Morgan fingerprint density at radius 1 is 1.43 bits per heavy atom.